The summed E-state index contributed by atoms with van der Waals surface area (Å²) in [6, 6.07) is 0. The molecule has 0 heterocycles. The fraction of sp³-hybridized carbons (Fsp3) is 0. The molecule has 0 atom stereocenters. The molecule has 1 nitrogen and oxygen atoms in total. The van der Waals surface area contributed by atoms with E-state index in [1.165, 1.54) is 0 Å². The quantitative estimate of drug-likeness (QED) is 0.430. The molecule has 0 fully saturated rings. The fourth-order valence-corrected chi connectivity index (χ4v) is 0. The minimum Gasteiger partial charge on any atom is -1.00 e. The maximum Gasteiger partial charge on any atom is 2.00 e. The molecule has 0 rings (SSSR count). The van der Waals surface area contributed by atoms with Crippen LogP contribution in [0.2, 0.25) is 0 Å². The molecule has 29 valence electrons. The van der Waals surface area contributed by atoms with Crippen molar-refractivity contribution < 1.29 is 25.1 Å². The van der Waals surface area contributed by atoms with Crippen LogP contribution in [0.4, 0.5) is 0 Å². The summed E-state index contributed by atoms with van der Waals surface area (Å²) in [4.78, 5) is 0. The predicted molar refractivity (Wildman–Crippen MR) is 21.5 cm³/mol. The molecule has 0 aromatic rings. The Morgan fingerprint density at radius 1 is 1.25 bits per heavy atom. The van der Waals surface area contributed by atoms with Crippen LogP contribution in [0.15, 0.2) is 0 Å². The van der Waals surface area contributed by atoms with E-state index in [4.69, 9.17) is 0 Å². The first-order valence-corrected chi connectivity index (χ1v) is 0. The fourth-order valence-electron chi connectivity index (χ4n) is 0. The standard InChI is InChI=1S/Bi.Co.H2O.Sr.5H/h;;1H2;;;;;;/q;;;+2;;;;2*-1. The minimum absolute atomic E-state index is 0. The molecule has 0 amide bonds. The largest absolute Gasteiger partial charge is 2.00 e. The molecule has 0 bridgehead atoms. The van der Waals surface area contributed by atoms with Gasteiger partial charge in [-0.3, -0.25) is 0 Å². The molecule has 2 N–H and O–H groups in total. The van der Waals surface area contributed by atoms with E-state index in [1.807, 2.05) is 0 Å². The van der Waals surface area contributed by atoms with E-state index in [2.05, 4.69) is 0 Å². The van der Waals surface area contributed by atoms with Crippen molar-refractivity contribution in [1.82, 2.24) is 0 Å². The van der Waals surface area contributed by atoms with Crippen LogP contribution in [0.25, 0.3) is 0 Å². The average molecular weight is 379 g/mol. The van der Waals surface area contributed by atoms with E-state index in [1.54, 1.807) is 0 Å². The normalized spacial score (nSPS) is 0. The first kappa shape index (κ1) is 29.0. The Balaban J connectivity index is 0. The Hall–Kier alpha value is 2.83. The third-order valence-electron chi connectivity index (χ3n) is 0. The van der Waals surface area contributed by atoms with Crippen LogP contribution in [-0.2, 0) is 16.8 Å². The van der Waals surface area contributed by atoms with Gasteiger partial charge < -0.3 is 8.33 Å². The van der Waals surface area contributed by atoms with Crippen molar-refractivity contribution in [3.63, 3.8) is 0 Å². The van der Waals surface area contributed by atoms with Crippen molar-refractivity contribution in [2.75, 3.05) is 0 Å². The van der Waals surface area contributed by atoms with Crippen LogP contribution in [0.5, 0.6) is 0 Å². The molecule has 0 aromatic carbocycles. The Labute approximate surface area is 94.8 Å². The molecule has 0 saturated heterocycles. The molecular formula is H7BiCoOSr. The summed E-state index contributed by atoms with van der Waals surface area (Å²) >= 11 is 0. The van der Waals surface area contributed by atoms with Crippen LogP contribution in [0.1, 0.15) is 2.85 Å². The second kappa shape index (κ2) is 17.0. The number of hydrogen-bond acceptors (Lipinski definition) is 0. The molecule has 0 unspecified atom stereocenters. The average Bonchev–Trinajstić information content (AvgIpc) is 0. The molecular weight excluding hydrogens is 372 g/mol. The summed E-state index contributed by atoms with van der Waals surface area (Å²) in [7, 11) is 0. The van der Waals surface area contributed by atoms with Gasteiger partial charge in [-0.25, -0.2) is 0 Å². The van der Waals surface area contributed by atoms with Crippen LogP contribution in [-0.4, -0.2) is 77.2 Å². The summed E-state index contributed by atoms with van der Waals surface area (Å²) in [5.41, 5.74) is 0. The van der Waals surface area contributed by atoms with Gasteiger partial charge in [0.2, 0.25) is 0 Å². The molecule has 4 heteroatoms. The number of rotatable bonds is 0. The smallest absolute Gasteiger partial charge is 1.00 e. The van der Waals surface area contributed by atoms with Gasteiger partial charge in [-0.05, 0) is 0 Å². The second-order valence-electron chi connectivity index (χ2n) is 0. The van der Waals surface area contributed by atoms with Crippen molar-refractivity contribution in [3.8, 4) is 0 Å². The van der Waals surface area contributed by atoms with Crippen LogP contribution in [0.3, 0.4) is 0 Å². The van der Waals surface area contributed by atoms with Crippen molar-refractivity contribution in [3.05, 3.63) is 0 Å². The van der Waals surface area contributed by atoms with Crippen LogP contribution < -0.4 is 0 Å². The predicted octanol–water partition coefficient (Wildman–Crippen LogP) is -2.17. The topological polar surface area (TPSA) is 31.5 Å². The molecule has 0 aliphatic carbocycles. The second-order valence-corrected chi connectivity index (χ2v) is 0. The van der Waals surface area contributed by atoms with Crippen molar-refractivity contribution in [1.29, 1.82) is 0 Å². The molecule has 0 aliphatic rings. The Bertz CT molecular complexity index is 13.5. The number of hydrogen-bond donors (Lipinski definition) is 0. The minimum atomic E-state index is 0. The van der Waals surface area contributed by atoms with Gasteiger partial charge in [-0.2, -0.15) is 0 Å². The molecule has 0 spiro atoms. The zero-order chi connectivity index (χ0) is 0. The van der Waals surface area contributed by atoms with Crippen LogP contribution in [0, 0.1) is 0 Å². The van der Waals surface area contributed by atoms with Crippen LogP contribution >= 0.6 is 0 Å². The van der Waals surface area contributed by atoms with Gasteiger partial charge in [0.05, 0.1) is 0 Å². The summed E-state index contributed by atoms with van der Waals surface area (Å²) in [5, 5.41) is 0. The first-order chi connectivity index (χ1) is 0. The Morgan fingerprint density at radius 3 is 1.25 bits per heavy atom. The van der Waals surface area contributed by atoms with Gasteiger partial charge in [-0.15, -0.1) is 0 Å². The molecule has 4 heavy (non-hydrogen) atoms. The van der Waals surface area contributed by atoms with E-state index >= 15 is 0 Å². The summed E-state index contributed by atoms with van der Waals surface area (Å²) in [6.45, 7) is 0. The van der Waals surface area contributed by atoms with Crippen molar-refractivity contribution in [2.24, 2.45) is 0 Å². The zero-order valence-corrected chi connectivity index (χ0v) is 12.3. The molecule has 0 aromatic heterocycles. The molecule has 0 saturated carbocycles. The maximum absolute atomic E-state index is 0. The van der Waals surface area contributed by atoms with E-state index in [0.717, 1.165) is 0 Å². The van der Waals surface area contributed by atoms with Gasteiger partial charge in [0, 0.05) is 16.8 Å². The van der Waals surface area contributed by atoms with Crippen molar-refractivity contribution >= 4 is 71.7 Å². The first-order valence-electron chi connectivity index (χ1n) is 0. The van der Waals surface area contributed by atoms with E-state index in [9.17, 15) is 0 Å². The van der Waals surface area contributed by atoms with Gasteiger partial charge in [0.1, 0.15) is 0 Å². The van der Waals surface area contributed by atoms with Gasteiger partial charge in [0.25, 0.3) is 0 Å². The van der Waals surface area contributed by atoms with Gasteiger partial charge in [0.15, 0.2) is 0 Å². The Morgan fingerprint density at radius 2 is 1.25 bits per heavy atom. The SMILES string of the molecule is O.[BiH3].[Co].[H-].[H-].[Sr+2]. The van der Waals surface area contributed by atoms with E-state index in [-0.39, 0.29) is 96.8 Å². The van der Waals surface area contributed by atoms with E-state index in [0.29, 0.717) is 0 Å². The van der Waals surface area contributed by atoms with Gasteiger partial charge >= 0.3 is 71.7 Å². The van der Waals surface area contributed by atoms with Crippen molar-refractivity contribution in [2.45, 2.75) is 0 Å². The maximum atomic E-state index is 0. The monoisotopic (exact) mass is 379 g/mol. The molecule has 1 radical (unpaired) electrons. The summed E-state index contributed by atoms with van der Waals surface area (Å²) in [6.07, 6.45) is 0. The third-order valence-corrected chi connectivity index (χ3v) is 0. The zero-order valence-electron chi connectivity index (χ0n) is 4.25. The third kappa shape index (κ3) is 8.85. The van der Waals surface area contributed by atoms with E-state index < -0.39 is 0 Å². The summed E-state index contributed by atoms with van der Waals surface area (Å²) < 4.78 is 0. The summed E-state index contributed by atoms with van der Waals surface area (Å²) in [5.74, 6) is 0. The van der Waals surface area contributed by atoms with Gasteiger partial charge in [-0.1, -0.05) is 0 Å². The Kier molecular flexibility index (Phi) is 123. The molecule has 0 aliphatic heterocycles.